The SMILES string of the molecule is COc1ccccc1CCN(C)C(=O)[C@@H](N)Cc1cn(Cc2ccccc2)cn1.Cl.Cl. The van der Waals surface area contributed by atoms with Crippen LogP contribution in [0.5, 0.6) is 5.75 Å². The fraction of sp³-hybridized carbons (Fsp3) is 0.304. The third-order valence-electron chi connectivity index (χ3n) is 4.93. The highest BCUT2D eigenvalue weighted by molar-refractivity contribution is 5.85. The number of methoxy groups -OCH3 is 1. The van der Waals surface area contributed by atoms with Crippen molar-refractivity contribution in [1.82, 2.24) is 14.5 Å². The molecule has 0 saturated carbocycles. The summed E-state index contributed by atoms with van der Waals surface area (Å²) in [7, 11) is 3.44. The second-order valence-electron chi connectivity index (χ2n) is 7.16. The van der Waals surface area contributed by atoms with Gasteiger partial charge in [0.25, 0.3) is 0 Å². The number of likely N-dealkylation sites (N-methyl/N-ethyl adjacent to an activating group) is 1. The van der Waals surface area contributed by atoms with E-state index in [4.69, 9.17) is 10.5 Å². The molecule has 31 heavy (non-hydrogen) atoms. The monoisotopic (exact) mass is 464 g/mol. The van der Waals surface area contributed by atoms with Crippen LogP contribution in [-0.2, 0) is 24.2 Å². The summed E-state index contributed by atoms with van der Waals surface area (Å²) in [5.74, 6) is 0.749. The zero-order chi connectivity index (χ0) is 20.6. The van der Waals surface area contributed by atoms with Crippen LogP contribution in [0.1, 0.15) is 16.8 Å². The van der Waals surface area contributed by atoms with E-state index in [1.807, 2.05) is 53.2 Å². The molecule has 1 heterocycles. The summed E-state index contributed by atoms with van der Waals surface area (Å²) in [6.45, 7) is 1.32. The molecule has 0 saturated heterocycles. The van der Waals surface area contributed by atoms with Crippen molar-refractivity contribution >= 4 is 30.7 Å². The number of hydrogen-bond donors (Lipinski definition) is 1. The van der Waals surface area contributed by atoms with Gasteiger partial charge in [0.2, 0.25) is 5.91 Å². The van der Waals surface area contributed by atoms with Crippen LogP contribution in [0.2, 0.25) is 0 Å². The molecule has 0 bridgehead atoms. The third kappa shape index (κ3) is 7.58. The van der Waals surface area contributed by atoms with E-state index in [1.165, 1.54) is 5.56 Å². The van der Waals surface area contributed by atoms with Crippen molar-refractivity contribution in [2.45, 2.75) is 25.4 Å². The first-order valence-electron chi connectivity index (χ1n) is 9.74. The molecule has 0 radical (unpaired) electrons. The van der Waals surface area contributed by atoms with Crippen LogP contribution >= 0.6 is 24.8 Å². The Morgan fingerprint density at radius 1 is 1.13 bits per heavy atom. The number of amides is 1. The number of carbonyl (C=O) groups is 1. The summed E-state index contributed by atoms with van der Waals surface area (Å²) in [6.07, 6.45) is 4.87. The van der Waals surface area contributed by atoms with Crippen LogP contribution in [0.3, 0.4) is 0 Å². The minimum Gasteiger partial charge on any atom is -0.496 e. The number of ether oxygens (including phenoxy) is 1. The van der Waals surface area contributed by atoms with E-state index >= 15 is 0 Å². The predicted molar refractivity (Wildman–Crippen MR) is 128 cm³/mol. The average Bonchev–Trinajstić information content (AvgIpc) is 3.18. The van der Waals surface area contributed by atoms with Gasteiger partial charge < -0.3 is 19.9 Å². The summed E-state index contributed by atoms with van der Waals surface area (Å²) in [5.41, 5.74) is 9.27. The second kappa shape index (κ2) is 13.0. The molecule has 0 spiro atoms. The van der Waals surface area contributed by atoms with Crippen molar-refractivity contribution in [3.63, 3.8) is 0 Å². The van der Waals surface area contributed by atoms with Gasteiger partial charge in [-0.25, -0.2) is 4.98 Å². The molecule has 2 N–H and O–H groups in total. The van der Waals surface area contributed by atoms with Gasteiger partial charge in [-0.2, -0.15) is 0 Å². The molecule has 0 unspecified atom stereocenters. The number of imidazole rings is 1. The average molecular weight is 465 g/mol. The number of hydrogen-bond acceptors (Lipinski definition) is 4. The molecule has 8 heteroatoms. The van der Waals surface area contributed by atoms with E-state index in [-0.39, 0.29) is 30.7 Å². The Labute approximate surface area is 196 Å². The summed E-state index contributed by atoms with van der Waals surface area (Å²) >= 11 is 0. The first-order chi connectivity index (χ1) is 14.1. The molecule has 6 nitrogen and oxygen atoms in total. The van der Waals surface area contributed by atoms with E-state index in [0.717, 1.165) is 23.6 Å². The Morgan fingerprint density at radius 3 is 2.52 bits per heavy atom. The van der Waals surface area contributed by atoms with Gasteiger partial charge in [-0.1, -0.05) is 48.5 Å². The number of benzene rings is 2. The number of carbonyl (C=O) groups excluding carboxylic acids is 1. The molecule has 1 amide bonds. The number of halogens is 2. The van der Waals surface area contributed by atoms with Crippen LogP contribution < -0.4 is 10.5 Å². The zero-order valence-electron chi connectivity index (χ0n) is 17.8. The standard InChI is InChI=1S/C23H28N4O2.2ClH/c1-26(13-12-19-10-6-7-11-22(19)29-2)23(28)21(24)14-20-16-27(17-25-20)15-18-8-4-3-5-9-18;;/h3-11,16-17,21H,12-15,24H2,1-2H3;2*1H/t21-;;/m0../s1. The van der Waals surface area contributed by atoms with Crippen molar-refractivity contribution < 1.29 is 9.53 Å². The van der Waals surface area contributed by atoms with Gasteiger partial charge in [-0.15, -0.1) is 24.8 Å². The molecule has 0 fully saturated rings. The summed E-state index contributed by atoms with van der Waals surface area (Å²) in [5, 5.41) is 0. The van der Waals surface area contributed by atoms with Gasteiger partial charge in [-0.05, 0) is 23.6 Å². The van der Waals surface area contributed by atoms with Crippen molar-refractivity contribution in [2.75, 3.05) is 20.7 Å². The fourth-order valence-electron chi connectivity index (χ4n) is 3.30. The van der Waals surface area contributed by atoms with Gasteiger partial charge in [0.05, 0.1) is 25.2 Å². The van der Waals surface area contributed by atoms with Crippen LogP contribution in [0.25, 0.3) is 0 Å². The van der Waals surface area contributed by atoms with Crippen molar-refractivity contribution in [3.05, 3.63) is 83.9 Å². The van der Waals surface area contributed by atoms with E-state index in [9.17, 15) is 4.79 Å². The van der Waals surface area contributed by atoms with E-state index in [1.54, 1.807) is 25.4 Å². The molecule has 1 aromatic heterocycles. The second-order valence-corrected chi connectivity index (χ2v) is 7.16. The smallest absolute Gasteiger partial charge is 0.239 e. The molecule has 0 aliphatic rings. The minimum absolute atomic E-state index is 0. The molecular weight excluding hydrogens is 435 g/mol. The zero-order valence-corrected chi connectivity index (χ0v) is 19.4. The van der Waals surface area contributed by atoms with Gasteiger partial charge in [0.15, 0.2) is 0 Å². The van der Waals surface area contributed by atoms with E-state index in [2.05, 4.69) is 17.1 Å². The van der Waals surface area contributed by atoms with Crippen LogP contribution in [0.15, 0.2) is 67.1 Å². The molecule has 3 aromatic rings. The van der Waals surface area contributed by atoms with Gasteiger partial charge in [0.1, 0.15) is 5.75 Å². The highest BCUT2D eigenvalue weighted by atomic mass is 35.5. The maximum absolute atomic E-state index is 12.7. The Bertz CT molecular complexity index is 934. The normalized spacial score (nSPS) is 11.1. The molecule has 0 aliphatic carbocycles. The lowest BCUT2D eigenvalue weighted by Crippen LogP contribution is -2.43. The van der Waals surface area contributed by atoms with Crippen LogP contribution in [0.4, 0.5) is 0 Å². The van der Waals surface area contributed by atoms with Gasteiger partial charge in [-0.3, -0.25) is 4.79 Å². The molecular formula is C23H30Cl2N4O2. The summed E-state index contributed by atoms with van der Waals surface area (Å²) < 4.78 is 7.38. The summed E-state index contributed by atoms with van der Waals surface area (Å²) in [6, 6.07) is 17.4. The van der Waals surface area contributed by atoms with Gasteiger partial charge >= 0.3 is 0 Å². The first-order valence-corrected chi connectivity index (χ1v) is 9.74. The number of para-hydroxylation sites is 1. The molecule has 3 rings (SSSR count). The fourth-order valence-corrected chi connectivity index (χ4v) is 3.30. The lowest BCUT2D eigenvalue weighted by molar-refractivity contribution is -0.131. The maximum atomic E-state index is 12.7. The highest BCUT2D eigenvalue weighted by Gasteiger charge is 2.19. The first kappa shape index (κ1) is 26.5. The number of aromatic nitrogens is 2. The van der Waals surface area contributed by atoms with Crippen LogP contribution in [0, 0.1) is 0 Å². The Morgan fingerprint density at radius 2 is 1.81 bits per heavy atom. The minimum atomic E-state index is -0.613. The highest BCUT2D eigenvalue weighted by Crippen LogP contribution is 2.18. The number of nitrogens with two attached hydrogens (primary N) is 1. The van der Waals surface area contributed by atoms with Crippen LogP contribution in [-0.4, -0.2) is 47.1 Å². The Balaban J connectivity index is 0.00000240. The van der Waals surface area contributed by atoms with Gasteiger partial charge in [0, 0.05) is 32.8 Å². The molecule has 1 atom stereocenters. The van der Waals surface area contributed by atoms with Crippen molar-refractivity contribution in [1.29, 1.82) is 0 Å². The van der Waals surface area contributed by atoms with E-state index < -0.39 is 6.04 Å². The Hall–Kier alpha value is -2.54. The topological polar surface area (TPSA) is 73.4 Å². The molecule has 0 aliphatic heterocycles. The quantitative estimate of drug-likeness (QED) is 0.526. The van der Waals surface area contributed by atoms with Crippen molar-refractivity contribution in [3.8, 4) is 5.75 Å². The van der Waals surface area contributed by atoms with Crippen molar-refractivity contribution in [2.24, 2.45) is 5.73 Å². The van der Waals surface area contributed by atoms with E-state index in [0.29, 0.717) is 19.4 Å². The summed E-state index contributed by atoms with van der Waals surface area (Å²) in [4.78, 5) is 18.7. The lowest BCUT2D eigenvalue weighted by Gasteiger charge is -2.21. The lowest BCUT2D eigenvalue weighted by atomic mass is 10.1. The predicted octanol–water partition coefficient (Wildman–Crippen LogP) is 3.35. The maximum Gasteiger partial charge on any atom is 0.239 e. The third-order valence-corrected chi connectivity index (χ3v) is 4.93. The molecule has 168 valence electrons. The number of rotatable bonds is 9. The molecule has 2 aromatic carbocycles. The largest absolute Gasteiger partial charge is 0.496 e. The number of nitrogens with zero attached hydrogens (tertiary/aromatic N) is 3. The Kier molecular flexibility index (Phi) is 11.1.